The van der Waals surface area contributed by atoms with Crippen molar-refractivity contribution in [1.29, 1.82) is 0 Å². The topological polar surface area (TPSA) is 63.5 Å². The number of carbonyl (C=O) groups is 1. The van der Waals surface area contributed by atoms with Gasteiger partial charge in [-0.2, -0.15) is 0 Å². The van der Waals surface area contributed by atoms with E-state index < -0.39 is 5.97 Å². The van der Waals surface area contributed by atoms with Gasteiger partial charge in [0, 0.05) is 42.1 Å². The summed E-state index contributed by atoms with van der Waals surface area (Å²) in [5.41, 5.74) is 4.37. The van der Waals surface area contributed by atoms with E-state index in [-0.39, 0.29) is 5.82 Å². The molecule has 0 aliphatic carbocycles. The van der Waals surface area contributed by atoms with Gasteiger partial charge in [-0.05, 0) is 44.5 Å². The molecule has 0 amide bonds. The van der Waals surface area contributed by atoms with Crippen molar-refractivity contribution in [2.75, 3.05) is 6.61 Å². The molecule has 3 rings (SSSR count). The molecule has 2 N–H and O–H groups in total. The van der Waals surface area contributed by atoms with Crippen LogP contribution in [0, 0.1) is 19.7 Å². The van der Waals surface area contributed by atoms with Crippen LogP contribution in [0.5, 0.6) is 5.75 Å². The first kappa shape index (κ1) is 21.6. The van der Waals surface area contributed by atoms with Crippen LogP contribution in [-0.2, 0) is 19.6 Å². The lowest BCUT2D eigenvalue weighted by molar-refractivity contribution is 0.0694. The van der Waals surface area contributed by atoms with E-state index in [0.29, 0.717) is 37.5 Å². The van der Waals surface area contributed by atoms with Crippen LogP contribution in [0.25, 0.3) is 0 Å². The molecule has 1 aromatic heterocycles. The van der Waals surface area contributed by atoms with E-state index in [1.807, 2.05) is 48.7 Å². The second-order valence-electron chi connectivity index (χ2n) is 7.19. The molecular weight excluding hydrogens is 383 g/mol. The zero-order chi connectivity index (χ0) is 21.7. The highest BCUT2D eigenvalue weighted by atomic mass is 19.1. The van der Waals surface area contributed by atoms with Gasteiger partial charge in [0.25, 0.3) is 0 Å². The normalized spacial score (nSPS) is 10.9. The van der Waals surface area contributed by atoms with Crippen molar-refractivity contribution < 1.29 is 19.0 Å². The molecule has 0 saturated carbocycles. The van der Waals surface area contributed by atoms with E-state index in [2.05, 4.69) is 5.32 Å². The molecule has 5 nitrogen and oxygen atoms in total. The van der Waals surface area contributed by atoms with Crippen molar-refractivity contribution in [3.05, 3.63) is 88.0 Å². The standard InChI is InChI=1S/C24H27FN2O3/c1-4-30-22-11-6-5-9-19(22)13-26-14-21-16(2)27(17(3)23(21)24(28)29)15-18-8-7-10-20(25)12-18/h5-12,26H,4,13-15H2,1-3H3,(H,28,29). The third-order valence-corrected chi connectivity index (χ3v) is 5.24. The molecule has 1 heterocycles. The van der Waals surface area contributed by atoms with Gasteiger partial charge in [0.15, 0.2) is 0 Å². The van der Waals surface area contributed by atoms with Crippen LogP contribution in [0.15, 0.2) is 48.5 Å². The number of halogens is 1. The van der Waals surface area contributed by atoms with Crippen LogP contribution < -0.4 is 10.1 Å². The summed E-state index contributed by atoms with van der Waals surface area (Å²) in [4.78, 5) is 12.0. The molecule has 6 heteroatoms. The van der Waals surface area contributed by atoms with E-state index in [1.54, 1.807) is 13.0 Å². The van der Waals surface area contributed by atoms with Gasteiger partial charge in [0.2, 0.25) is 0 Å². The number of para-hydroxylation sites is 1. The summed E-state index contributed by atoms with van der Waals surface area (Å²) in [5.74, 6) is -0.439. The van der Waals surface area contributed by atoms with E-state index in [9.17, 15) is 14.3 Å². The van der Waals surface area contributed by atoms with Gasteiger partial charge >= 0.3 is 5.97 Å². The van der Waals surface area contributed by atoms with Gasteiger partial charge < -0.3 is 19.7 Å². The number of benzene rings is 2. The monoisotopic (exact) mass is 410 g/mol. The van der Waals surface area contributed by atoms with Gasteiger partial charge in [-0.25, -0.2) is 9.18 Å². The number of nitrogens with one attached hydrogen (secondary N) is 1. The molecule has 2 aromatic carbocycles. The SMILES string of the molecule is CCOc1ccccc1CNCc1c(C(=O)O)c(C)n(Cc2cccc(F)c2)c1C. The number of carboxylic acid groups (broad SMARTS) is 1. The summed E-state index contributed by atoms with van der Waals surface area (Å²) in [6.45, 7) is 7.61. The Morgan fingerprint density at radius 2 is 1.87 bits per heavy atom. The minimum atomic E-state index is -0.958. The molecule has 0 unspecified atom stereocenters. The second kappa shape index (κ2) is 9.59. The number of rotatable bonds is 9. The van der Waals surface area contributed by atoms with Gasteiger partial charge in [0.1, 0.15) is 11.6 Å². The van der Waals surface area contributed by atoms with Crippen molar-refractivity contribution in [2.45, 2.75) is 40.4 Å². The number of ether oxygens (including phenoxy) is 1. The molecule has 0 aliphatic heterocycles. The molecule has 0 radical (unpaired) electrons. The number of aromatic nitrogens is 1. The van der Waals surface area contributed by atoms with Crippen LogP contribution >= 0.6 is 0 Å². The van der Waals surface area contributed by atoms with Gasteiger partial charge in [-0.3, -0.25) is 0 Å². The first-order valence-electron chi connectivity index (χ1n) is 10.00. The average Bonchev–Trinajstić information content (AvgIpc) is 2.94. The van der Waals surface area contributed by atoms with Crippen molar-refractivity contribution in [1.82, 2.24) is 9.88 Å². The number of carboxylic acids is 1. The summed E-state index contributed by atoms with van der Waals surface area (Å²) in [7, 11) is 0. The first-order chi connectivity index (χ1) is 14.4. The minimum Gasteiger partial charge on any atom is -0.494 e. The zero-order valence-electron chi connectivity index (χ0n) is 17.5. The Morgan fingerprint density at radius 3 is 2.57 bits per heavy atom. The minimum absolute atomic E-state index is 0.300. The molecule has 0 fully saturated rings. The fourth-order valence-corrected chi connectivity index (χ4v) is 3.77. The average molecular weight is 410 g/mol. The maximum atomic E-state index is 13.6. The third-order valence-electron chi connectivity index (χ3n) is 5.24. The van der Waals surface area contributed by atoms with E-state index >= 15 is 0 Å². The second-order valence-corrected chi connectivity index (χ2v) is 7.19. The lowest BCUT2D eigenvalue weighted by atomic mass is 10.1. The van der Waals surface area contributed by atoms with Crippen molar-refractivity contribution in [3.8, 4) is 5.75 Å². The van der Waals surface area contributed by atoms with Gasteiger partial charge in [-0.1, -0.05) is 30.3 Å². The predicted molar refractivity (Wildman–Crippen MR) is 115 cm³/mol. The summed E-state index contributed by atoms with van der Waals surface area (Å²) in [5, 5.41) is 13.2. The largest absolute Gasteiger partial charge is 0.494 e. The summed E-state index contributed by atoms with van der Waals surface area (Å²) in [6, 6.07) is 14.2. The van der Waals surface area contributed by atoms with Crippen LogP contribution in [0.4, 0.5) is 4.39 Å². The summed E-state index contributed by atoms with van der Waals surface area (Å²) < 4.78 is 21.2. The Labute approximate surface area is 176 Å². The molecule has 158 valence electrons. The molecule has 0 atom stereocenters. The van der Waals surface area contributed by atoms with E-state index in [1.165, 1.54) is 12.1 Å². The van der Waals surface area contributed by atoms with Gasteiger partial charge in [0.05, 0.1) is 12.2 Å². The smallest absolute Gasteiger partial charge is 0.337 e. The highest BCUT2D eigenvalue weighted by molar-refractivity contribution is 5.91. The Balaban J connectivity index is 1.83. The van der Waals surface area contributed by atoms with E-state index in [0.717, 1.165) is 28.1 Å². The lowest BCUT2D eigenvalue weighted by Gasteiger charge is -2.12. The molecule has 3 aromatic rings. The Morgan fingerprint density at radius 1 is 1.10 bits per heavy atom. The lowest BCUT2D eigenvalue weighted by Crippen LogP contribution is -2.16. The van der Waals surface area contributed by atoms with Crippen molar-refractivity contribution >= 4 is 5.97 Å². The maximum absolute atomic E-state index is 13.6. The number of aromatic carboxylic acids is 1. The Bertz CT molecular complexity index is 1040. The van der Waals surface area contributed by atoms with Crippen LogP contribution in [0.2, 0.25) is 0 Å². The molecule has 30 heavy (non-hydrogen) atoms. The fourth-order valence-electron chi connectivity index (χ4n) is 3.77. The maximum Gasteiger partial charge on any atom is 0.337 e. The zero-order valence-corrected chi connectivity index (χ0v) is 17.5. The molecular formula is C24H27FN2O3. The van der Waals surface area contributed by atoms with Crippen LogP contribution in [0.1, 0.15) is 45.4 Å². The first-order valence-corrected chi connectivity index (χ1v) is 10.00. The summed E-state index contributed by atoms with van der Waals surface area (Å²) in [6.07, 6.45) is 0. The number of nitrogens with zero attached hydrogens (tertiary/aromatic N) is 1. The molecule has 0 spiro atoms. The fraction of sp³-hybridized carbons (Fsp3) is 0.292. The van der Waals surface area contributed by atoms with Crippen LogP contribution in [-0.4, -0.2) is 22.2 Å². The van der Waals surface area contributed by atoms with Crippen LogP contribution in [0.3, 0.4) is 0 Å². The summed E-state index contributed by atoms with van der Waals surface area (Å²) >= 11 is 0. The quantitative estimate of drug-likeness (QED) is 0.538. The number of hydrogen-bond acceptors (Lipinski definition) is 3. The highest BCUT2D eigenvalue weighted by Gasteiger charge is 2.22. The number of hydrogen-bond donors (Lipinski definition) is 2. The highest BCUT2D eigenvalue weighted by Crippen LogP contribution is 2.25. The Hall–Kier alpha value is -3.12. The van der Waals surface area contributed by atoms with Crippen molar-refractivity contribution in [3.63, 3.8) is 0 Å². The third kappa shape index (κ3) is 4.71. The van der Waals surface area contributed by atoms with Crippen molar-refractivity contribution in [2.24, 2.45) is 0 Å². The molecule has 0 bridgehead atoms. The van der Waals surface area contributed by atoms with E-state index in [4.69, 9.17) is 4.74 Å². The molecule has 0 saturated heterocycles. The molecule has 0 aliphatic rings. The predicted octanol–water partition coefficient (Wildman–Crippen LogP) is 4.68. The van der Waals surface area contributed by atoms with Gasteiger partial charge in [-0.15, -0.1) is 0 Å². The Kier molecular flexibility index (Phi) is 6.90.